The number of rotatable bonds is 9. The maximum Gasteiger partial charge on any atom is 0.121 e. The van der Waals surface area contributed by atoms with Crippen LogP contribution in [0.4, 0.5) is 0 Å². The Kier molecular flexibility index (Phi) is 8.47. The Labute approximate surface area is 179 Å². The molecule has 1 saturated heterocycles. The Morgan fingerprint density at radius 1 is 1.11 bits per heavy atom. The zero-order valence-corrected chi connectivity index (χ0v) is 18.1. The first-order valence-electron chi connectivity index (χ1n) is 10.3. The monoisotopic (exact) mass is 420 g/mol. The predicted molar refractivity (Wildman–Crippen MR) is 119 cm³/mol. The average Bonchev–Trinajstić information content (AvgIpc) is 2.71. The molecular weight excluding hydrogens is 391 g/mol. The maximum absolute atomic E-state index is 6.40. The number of hydrogen-bond acceptors (Lipinski definition) is 3. The summed E-state index contributed by atoms with van der Waals surface area (Å²) in [6.45, 7) is 6.22. The molecule has 3 nitrogen and oxygen atoms in total. The van der Waals surface area contributed by atoms with Crippen LogP contribution in [0.3, 0.4) is 0 Å². The summed E-state index contributed by atoms with van der Waals surface area (Å²) in [5.41, 5.74) is 1.36. The third kappa shape index (κ3) is 6.38. The van der Waals surface area contributed by atoms with E-state index in [1.807, 2.05) is 12.1 Å². The van der Waals surface area contributed by atoms with Crippen molar-refractivity contribution in [1.29, 1.82) is 0 Å². The van der Waals surface area contributed by atoms with Crippen LogP contribution in [0.5, 0.6) is 5.75 Å². The second-order valence-corrected chi connectivity index (χ2v) is 8.32. The lowest BCUT2D eigenvalue weighted by Gasteiger charge is -2.38. The van der Waals surface area contributed by atoms with Crippen LogP contribution < -0.4 is 10.1 Å². The van der Waals surface area contributed by atoms with Gasteiger partial charge in [-0.1, -0.05) is 73.3 Å². The highest BCUT2D eigenvalue weighted by Crippen LogP contribution is 2.28. The molecule has 0 aliphatic carbocycles. The smallest absolute Gasteiger partial charge is 0.121 e. The summed E-state index contributed by atoms with van der Waals surface area (Å²) in [5.74, 6) is 0.790. The highest BCUT2D eigenvalue weighted by atomic mass is 35.5. The topological polar surface area (TPSA) is 24.5 Å². The summed E-state index contributed by atoms with van der Waals surface area (Å²) < 4.78 is 6.40. The van der Waals surface area contributed by atoms with Crippen molar-refractivity contribution in [3.05, 3.63) is 64.1 Å². The first-order valence-corrected chi connectivity index (χ1v) is 11.0. The quantitative estimate of drug-likeness (QED) is 0.519. The highest BCUT2D eigenvalue weighted by Gasteiger charge is 2.28. The molecule has 2 unspecified atom stereocenters. The van der Waals surface area contributed by atoms with Crippen molar-refractivity contribution in [3.8, 4) is 5.75 Å². The molecule has 5 heteroatoms. The third-order valence-corrected chi connectivity index (χ3v) is 6.00. The van der Waals surface area contributed by atoms with Gasteiger partial charge >= 0.3 is 0 Å². The van der Waals surface area contributed by atoms with Crippen LogP contribution in [0, 0.1) is 0 Å². The molecule has 1 heterocycles. The fourth-order valence-electron chi connectivity index (χ4n) is 3.74. The number of nitrogens with one attached hydrogen (secondary N) is 1. The molecule has 0 amide bonds. The lowest BCUT2D eigenvalue weighted by Crippen LogP contribution is -2.56. The van der Waals surface area contributed by atoms with Gasteiger partial charge in [0.15, 0.2) is 0 Å². The first kappa shape index (κ1) is 21.4. The second kappa shape index (κ2) is 11.1. The average molecular weight is 421 g/mol. The number of halogens is 2. The van der Waals surface area contributed by atoms with E-state index in [2.05, 4.69) is 47.5 Å². The molecule has 152 valence electrons. The van der Waals surface area contributed by atoms with Crippen molar-refractivity contribution in [2.24, 2.45) is 0 Å². The van der Waals surface area contributed by atoms with Crippen molar-refractivity contribution in [1.82, 2.24) is 10.2 Å². The maximum atomic E-state index is 6.40. The Bertz CT molecular complexity index is 726. The Morgan fingerprint density at radius 3 is 2.68 bits per heavy atom. The zero-order valence-electron chi connectivity index (χ0n) is 16.5. The minimum absolute atomic E-state index is 0.113. The Morgan fingerprint density at radius 2 is 1.93 bits per heavy atom. The molecule has 2 aromatic carbocycles. The summed E-state index contributed by atoms with van der Waals surface area (Å²) in [4.78, 5) is 2.52. The van der Waals surface area contributed by atoms with E-state index in [9.17, 15) is 0 Å². The zero-order chi connectivity index (χ0) is 19.8. The summed E-state index contributed by atoms with van der Waals surface area (Å²) in [7, 11) is 0. The van der Waals surface area contributed by atoms with E-state index in [4.69, 9.17) is 27.9 Å². The van der Waals surface area contributed by atoms with Gasteiger partial charge in [-0.2, -0.15) is 0 Å². The van der Waals surface area contributed by atoms with Gasteiger partial charge in [0.1, 0.15) is 11.9 Å². The van der Waals surface area contributed by atoms with E-state index in [0.717, 1.165) is 38.3 Å². The molecule has 1 fully saturated rings. The largest absolute Gasteiger partial charge is 0.489 e. The van der Waals surface area contributed by atoms with Crippen LogP contribution in [0.15, 0.2) is 48.5 Å². The van der Waals surface area contributed by atoms with Gasteiger partial charge in [-0.3, -0.25) is 4.90 Å². The molecule has 1 aliphatic heterocycles. The lowest BCUT2D eigenvalue weighted by molar-refractivity contribution is 0.0860. The summed E-state index contributed by atoms with van der Waals surface area (Å²) in [6, 6.07) is 16.5. The number of piperazine rings is 1. The van der Waals surface area contributed by atoms with Gasteiger partial charge in [0.2, 0.25) is 0 Å². The van der Waals surface area contributed by atoms with E-state index in [-0.39, 0.29) is 6.10 Å². The summed E-state index contributed by atoms with van der Waals surface area (Å²) >= 11 is 12.2. The van der Waals surface area contributed by atoms with Gasteiger partial charge in [0.25, 0.3) is 0 Å². The van der Waals surface area contributed by atoms with Crippen molar-refractivity contribution in [3.63, 3.8) is 0 Å². The molecule has 1 N–H and O–H groups in total. The van der Waals surface area contributed by atoms with Gasteiger partial charge in [0, 0.05) is 32.2 Å². The Hall–Kier alpha value is -1.26. The molecule has 0 aromatic heterocycles. The van der Waals surface area contributed by atoms with Crippen LogP contribution in [0.25, 0.3) is 0 Å². The number of benzene rings is 2. The summed E-state index contributed by atoms with van der Waals surface area (Å²) in [6.07, 6.45) is 4.74. The van der Waals surface area contributed by atoms with E-state index in [1.54, 1.807) is 6.07 Å². The van der Waals surface area contributed by atoms with Gasteiger partial charge in [-0.25, -0.2) is 0 Å². The number of unbranched alkanes of at least 4 members (excludes halogenated alkanes) is 2. The van der Waals surface area contributed by atoms with Crippen LogP contribution in [-0.4, -0.2) is 36.7 Å². The second-order valence-electron chi connectivity index (χ2n) is 7.51. The van der Waals surface area contributed by atoms with Crippen molar-refractivity contribution in [2.45, 2.75) is 51.3 Å². The van der Waals surface area contributed by atoms with E-state index in [1.165, 1.54) is 24.8 Å². The third-order valence-electron chi connectivity index (χ3n) is 5.26. The van der Waals surface area contributed by atoms with E-state index in [0.29, 0.717) is 16.1 Å². The van der Waals surface area contributed by atoms with Crippen molar-refractivity contribution < 1.29 is 4.74 Å². The minimum Gasteiger partial charge on any atom is -0.489 e. The number of nitrogens with zero attached hydrogens (tertiary/aromatic N) is 1. The lowest BCUT2D eigenvalue weighted by atomic mass is 10.0. The van der Waals surface area contributed by atoms with Crippen molar-refractivity contribution >= 4 is 23.2 Å². The first-order chi connectivity index (χ1) is 13.7. The molecular formula is C23H30Cl2N2O. The molecule has 0 spiro atoms. The molecule has 3 rings (SSSR count). The predicted octanol–water partition coefficient (Wildman–Crippen LogP) is 5.80. The highest BCUT2D eigenvalue weighted by molar-refractivity contribution is 6.42. The Balaban J connectivity index is 1.66. The van der Waals surface area contributed by atoms with E-state index < -0.39 is 0 Å². The van der Waals surface area contributed by atoms with Crippen LogP contribution in [0.1, 0.15) is 38.2 Å². The number of hydrogen-bond donors (Lipinski definition) is 1. The molecule has 28 heavy (non-hydrogen) atoms. The standard InChI is InChI=1S/C23H30Cl2N2O/c1-2-3-5-10-23(28-19-11-12-20(24)21(25)15-19)22-17-27(14-13-26-22)16-18-8-6-4-7-9-18/h4,6-9,11-12,15,22-23,26H,2-3,5,10,13-14,16-17H2,1H3. The van der Waals surface area contributed by atoms with Crippen LogP contribution >= 0.6 is 23.2 Å². The molecule has 2 atom stereocenters. The van der Waals surface area contributed by atoms with Crippen molar-refractivity contribution in [2.75, 3.05) is 19.6 Å². The fraction of sp³-hybridized carbons (Fsp3) is 0.478. The van der Waals surface area contributed by atoms with Gasteiger partial charge < -0.3 is 10.1 Å². The van der Waals surface area contributed by atoms with Crippen LogP contribution in [-0.2, 0) is 6.54 Å². The summed E-state index contributed by atoms with van der Waals surface area (Å²) in [5, 5.41) is 4.78. The minimum atomic E-state index is 0.113. The van der Waals surface area contributed by atoms with Crippen LogP contribution in [0.2, 0.25) is 10.0 Å². The molecule has 0 radical (unpaired) electrons. The van der Waals surface area contributed by atoms with Gasteiger partial charge in [-0.05, 0) is 30.5 Å². The van der Waals surface area contributed by atoms with Gasteiger partial charge in [0.05, 0.1) is 16.1 Å². The molecule has 0 saturated carbocycles. The fourth-order valence-corrected chi connectivity index (χ4v) is 4.03. The SMILES string of the molecule is CCCCCC(Oc1ccc(Cl)c(Cl)c1)C1CN(Cc2ccccc2)CCN1. The normalized spacial score (nSPS) is 18.8. The molecule has 0 bridgehead atoms. The molecule has 2 aromatic rings. The molecule has 1 aliphatic rings. The van der Waals surface area contributed by atoms with Gasteiger partial charge in [-0.15, -0.1) is 0 Å². The van der Waals surface area contributed by atoms with E-state index >= 15 is 0 Å². The number of ether oxygens (including phenoxy) is 1.